The summed E-state index contributed by atoms with van der Waals surface area (Å²) in [6.45, 7) is 6.17. The summed E-state index contributed by atoms with van der Waals surface area (Å²) < 4.78 is 4.92. The molecule has 0 aromatic rings. The van der Waals surface area contributed by atoms with Crippen molar-refractivity contribution in [2.75, 3.05) is 6.61 Å². The van der Waals surface area contributed by atoms with Gasteiger partial charge in [0.25, 0.3) is 0 Å². The molecule has 0 aromatic heterocycles. The quantitative estimate of drug-likeness (QED) is 0.307. The third-order valence-electron chi connectivity index (χ3n) is 0.642. The van der Waals surface area contributed by atoms with Crippen molar-refractivity contribution in [3.63, 3.8) is 0 Å². The average Bonchev–Trinajstić information content (AvgIpc) is 1.81. The van der Waals surface area contributed by atoms with Crippen LogP contribution in [-0.4, -0.2) is 6.61 Å². The largest absolute Gasteiger partial charge is 0.497 e. The van der Waals surface area contributed by atoms with Gasteiger partial charge in [-0.25, -0.2) is 0 Å². The molecule has 0 bridgehead atoms. The van der Waals surface area contributed by atoms with E-state index in [0.29, 0.717) is 6.61 Å². The van der Waals surface area contributed by atoms with E-state index in [9.17, 15) is 0 Å². The molecule has 0 aliphatic heterocycles. The molecule has 0 aliphatic carbocycles. The molecule has 0 saturated heterocycles. The molecule has 0 aliphatic rings. The fourth-order valence-electron chi connectivity index (χ4n) is 0.288. The summed E-state index contributed by atoms with van der Waals surface area (Å²) in [6.07, 6.45) is 6.41. The van der Waals surface area contributed by atoms with Gasteiger partial charge in [0.05, 0.1) is 6.26 Å². The molecule has 0 aromatic carbocycles. The van der Waals surface area contributed by atoms with E-state index < -0.39 is 0 Å². The van der Waals surface area contributed by atoms with Crippen LogP contribution in [0.1, 0.15) is 13.3 Å². The standard InChI is InChI=1S/C7H12O/c1-3-5-7-8-6-4-2/h4-5,7H,2-3,6H2,1H3. The topological polar surface area (TPSA) is 9.23 Å². The summed E-state index contributed by atoms with van der Waals surface area (Å²) in [5.74, 6) is 0. The van der Waals surface area contributed by atoms with Crippen molar-refractivity contribution in [3.05, 3.63) is 25.0 Å². The molecule has 1 nitrogen and oxygen atoms in total. The molecule has 0 rings (SSSR count). The van der Waals surface area contributed by atoms with Gasteiger partial charge in [0, 0.05) is 0 Å². The van der Waals surface area contributed by atoms with Gasteiger partial charge in [0.1, 0.15) is 6.61 Å². The third-order valence-corrected chi connectivity index (χ3v) is 0.642. The summed E-state index contributed by atoms with van der Waals surface area (Å²) in [5.41, 5.74) is 0. The molecule has 0 heterocycles. The molecular formula is C7H12O. The highest BCUT2D eigenvalue weighted by Gasteiger charge is 1.67. The minimum absolute atomic E-state index is 0.608. The minimum Gasteiger partial charge on any atom is -0.497 e. The molecule has 46 valence electrons. The Morgan fingerprint density at radius 1 is 1.62 bits per heavy atom. The number of hydrogen-bond acceptors (Lipinski definition) is 1. The monoisotopic (exact) mass is 112 g/mol. The zero-order chi connectivity index (χ0) is 6.24. The van der Waals surface area contributed by atoms with E-state index in [1.165, 1.54) is 0 Å². The minimum atomic E-state index is 0.608. The van der Waals surface area contributed by atoms with E-state index in [0.717, 1.165) is 6.42 Å². The second kappa shape index (κ2) is 6.28. The van der Waals surface area contributed by atoms with Crippen LogP contribution >= 0.6 is 0 Å². The van der Waals surface area contributed by atoms with E-state index in [1.54, 1.807) is 12.3 Å². The van der Waals surface area contributed by atoms with Gasteiger partial charge < -0.3 is 4.74 Å². The maximum absolute atomic E-state index is 4.92. The zero-order valence-corrected chi connectivity index (χ0v) is 5.26. The lowest BCUT2D eigenvalue weighted by molar-refractivity contribution is 0.289. The molecule has 8 heavy (non-hydrogen) atoms. The number of allylic oxidation sites excluding steroid dienone is 1. The van der Waals surface area contributed by atoms with Gasteiger partial charge in [0.2, 0.25) is 0 Å². The molecular weight excluding hydrogens is 100 g/mol. The van der Waals surface area contributed by atoms with Crippen molar-refractivity contribution in [2.45, 2.75) is 13.3 Å². The van der Waals surface area contributed by atoms with Gasteiger partial charge in [-0.05, 0) is 6.42 Å². The Kier molecular flexibility index (Phi) is 5.71. The van der Waals surface area contributed by atoms with Crippen molar-refractivity contribution >= 4 is 0 Å². The van der Waals surface area contributed by atoms with Gasteiger partial charge >= 0.3 is 0 Å². The molecule has 0 radical (unpaired) electrons. The first-order valence-corrected chi connectivity index (χ1v) is 2.79. The molecule has 0 saturated carbocycles. The van der Waals surface area contributed by atoms with Crippen LogP contribution in [0.3, 0.4) is 0 Å². The van der Waals surface area contributed by atoms with Crippen molar-refractivity contribution in [1.82, 2.24) is 0 Å². The van der Waals surface area contributed by atoms with Gasteiger partial charge in [0.15, 0.2) is 0 Å². The predicted molar refractivity (Wildman–Crippen MR) is 35.6 cm³/mol. The van der Waals surface area contributed by atoms with Gasteiger partial charge in [-0.15, -0.1) is 0 Å². The Bertz CT molecular complexity index is 74.5. The number of hydrogen-bond donors (Lipinski definition) is 0. The highest BCUT2D eigenvalue weighted by atomic mass is 16.5. The smallest absolute Gasteiger partial charge is 0.105 e. The lowest BCUT2D eigenvalue weighted by atomic mass is 10.5. The SMILES string of the molecule is C=CCOC=CCC. The fraction of sp³-hybridized carbons (Fsp3) is 0.429. The molecule has 0 spiro atoms. The second-order valence-corrected chi connectivity index (χ2v) is 1.40. The normalized spacial score (nSPS) is 9.62. The van der Waals surface area contributed by atoms with Crippen molar-refractivity contribution in [2.24, 2.45) is 0 Å². The highest BCUT2D eigenvalue weighted by molar-refractivity contribution is 4.73. The van der Waals surface area contributed by atoms with Crippen LogP contribution in [0.5, 0.6) is 0 Å². The van der Waals surface area contributed by atoms with Crippen LogP contribution in [0.4, 0.5) is 0 Å². The van der Waals surface area contributed by atoms with Crippen LogP contribution in [0.15, 0.2) is 25.0 Å². The summed E-state index contributed by atoms with van der Waals surface area (Å²) in [6, 6.07) is 0. The van der Waals surface area contributed by atoms with Crippen LogP contribution in [0, 0.1) is 0 Å². The van der Waals surface area contributed by atoms with E-state index in [-0.39, 0.29) is 0 Å². The molecule has 0 N–H and O–H groups in total. The number of ether oxygens (including phenoxy) is 1. The predicted octanol–water partition coefficient (Wildman–Crippen LogP) is 2.11. The number of rotatable bonds is 4. The van der Waals surface area contributed by atoms with Crippen LogP contribution in [0.25, 0.3) is 0 Å². The summed E-state index contributed by atoms with van der Waals surface area (Å²) in [4.78, 5) is 0. The summed E-state index contributed by atoms with van der Waals surface area (Å²) >= 11 is 0. The lowest BCUT2D eigenvalue weighted by Crippen LogP contribution is -1.77. The van der Waals surface area contributed by atoms with Gasteiger partial charge in [-0.3, -0.25) is 0 Å². The highest BCUT2D eigenvalue weighted by Crippen LogP contribution is 1.81. The molecule has 0 atom stereocenters. The van der Waals surface area contributed by atoms with Crippen molar-refractivity contribution < 1.29 is 4.74 Å². The second-order valence-electron chi connectivity index (χ2n) is 1.40. The summed E-state index contributed by atoms with van der Waals surface area (Å²) in [5, 5.41) is 0. The Morgan fingerprint density at radius 3 is 2.88 bits per heavy atom. The van der Waals surface area contributed by atoms with Crippen LogP contribution < -0.4 is 0 Å². The Labute approximate surface area is 50.7 Å². The van der Waals surface area contributed by atoms with E-state index in [1.807, 2.05) is 6.08 Å². The molecule has 0 fully saturated rings. The first-order chi connectivity index (χ1) is 3.91. The van der Waals surface area contributed by atoms with Crippen molar-refractivity contribution in [3.8, 4) is 0 Å². The van der Waals surface area contributed by atoms with E-state index in [2.05, 4.69) is 13.5 Å². The van der Waals surface area contributed by atoms with E-state index >= 15 is 0 Å². The summed E-state index contributed by atoms with van der Waals surface area (Å²) in [7, 11) is 0. The molecule has 0 amide bonds. The van der Waals surface area contributed by atoms with E-state index in [4.69, 9.17) is 4.74 Å². The Balaban J connectivity index is 2.90. The third kappa shape index (κ3) is 5.28. The molecule has 0 unspecified atom stereocenters. The zero-order valence-electron chi connectivity index (χ0n) is 5.26. The first-order valence-electron chi connectivity index (χ1n) is 2.79. The van der Waals surface area contributed by atoms with Gasteiger partial charge in [-0.1, -0.05) is 25.7 Å². The Morgan fingerprint density at radius 2 is 2.38 bits per heavy atom. The maximum atomic E-state index is 4.92. The van der Waals surface area contributed by atoms with Crippen LogP contribution in [0.2, 0.25) is 0 Å². The molecule has 1 heteroatoms. The van der Waals surface area contributed by atoms with Crippen molar-refractivity contribution in [1.29, 1.82) is 0 Å². The Hall–Kier alpha value is -0.720. The lowest BCUT2D eigenvalue weighted by Gasteiger charge is -1.89. The van der Waals surface area contributed by atoms with Crippen LogP contribution in [-0.2, 0) is 4.74 Å². The fourth-order valence-corrected chi connectivity index (χ4v) is 0.288. The first kappa shape index (κ1) is 7.28. The van der Waals surface area contributed by atoms with Gasteiger partial charge in [-0.2, -0.15) is 0 Å². The maximum Gasteiger partial charge on any atom is 0.105 e. The average molecular weight is 112 g/mol.